The van der Waals surface area contributed by atoms with Crippen molar-refractivity contribution in [3.8, 4) is 0 Å². The minimum absolute atomic E-state index is 0.165. The normalized spacial score (nSPS) is 18.5. The van der Waals surface area contributed by atoms with Gasteiger partial charge in [-0.2, -0.15) is 0 Å². The number of benzene rings is 1. The maximum absolute atomic E-state index is 11.7. The van der Waals surface area contributed by atoms with Gasteiger partial charge in [0.1, 0.15) is 5.71 Å². The molecule has 2 rings (SSSR count). The molecule has 0 saturated heterocycles. The molecular weight excluding hydrogens is 264 g/mol. The number of aliphatic imine (C=N–C) groups is 1. The Morgan fingerprint density at radius 1 is 1.47 bits per heavy atom. The third-order valence-electron chi connectivity index (χ3n) is 2.79. The molecule has 0 bridgehead atoms. The molecule has 1 aliphatic rings. The van der Waals surface area contributed by atoms with Crippen molar-refractivity contribution in [2.24, 2.45) is 10.7 Å². The van der Waals surface area contributed by atoms with Crippen LogP contribution in [-0.2, 0) is 9.53 Å². The van der Waals surface area contributed by atoms with E-state index in [0.717, 1.165) is 5.56 Å². The van der Waals surface area contributed by atoms with Gasteiger partial charge in [-0.25, -0.2) is 4.79 Å². The predicted octanol–water partition coefficient (Wildman–Crippen LogP) is 2.63. The Hall–Kier alpha value is -1.81. The number of nitrogens with zero attached hydrogens (tertiary/aromatic N) is 1. The fraction of sp³-hybridized carbons (Fsp3) is 0.286. The highest BCUT2D eigenvalue weighted by Gasteiger charge is 2.21. The molecule has 2 N–H and O–H groups in total. The van der Waals surface area contributed by atoms with E-state index in [9.17, 15) is 4.79 Å². The Kier molecular flexibility index (Phi) is 4.22. The second-order valence-electron chi connectivity index (χ2n) is 4.23. The number of halogens is 1. The average Bonchev–Trinajstić information content (AvgIpc) is 2.39. The van der Waals surface area contributed by atoms with Crippen molar-refractivity contribution < 1.29 is 9.53 Å². The largest absolute Gasteiger partial charge is 0.461 e. The number of hydrogen-bond donors (Lipinski definition) is 1. The van der Waals surface area contributed by atoms with E-state index in [-0.39, 0.29) is 11.8 Å². The molecule has 19 heavy (non-hydrogen) atoms. The summed E-state index contributed by atoms with van der Waals surface area (Å²) in [6.07, 6.45) is 2.16. The number of rotatable bonds is 3. The van der Waals surface area contributed by atoms with Crippen LogP contribution in [0.25, 0.3) is 0 Å². The molecule has 0 aliphatic carbocycles. The van der Waals surface area contributed by atoms with Gasteiger partial charge in [-0.15, -0.1) is 0 Å². The predicted molar refractivity (Wildman–Crippen MR) is 75.1 cm³/mol. The molecule has 1 aromatic carbocycles. The lowest BCUT2D eigenvalue weighted by Crippen LogP contribution is -2.22. The van der Waals surface area contributed by atoms with E-state index in [0.29, 0.717) is 23.7 Å². The maximum atomic E-state index is 11.7. The standard InChI is InChI=1S/C14H15ClN2O2/c1-2-19-14(18)13-8-11(16)7-12(17-13)9-3-5-10(15)6-4-9/h3-6,8,12H,2,7,16H2,1H3. The number of nitrogens with two attached hydrogens (primary N) is 1. The van der Waals surface area contributed by atoms with Gasteiger partial charge in [0.05, 0.1) is 12.6 Å². The summed E-state index contributed by atoms with van der Waals surface area (Å²) in [4.78, 5) is 16.1. The summed E-state index contributed by atoms with van der Waals surface area (Å²) >= 11 is 5.85. The van der Waals surface area contributed by atoms with Gasteiger partial charge in [-0.05, 0) is 30.7 Å². The lowest BCUT2D eigenvalue weighted by atomic mass is 9.99. The van der Waals surface area contributed by atoms with Crippen LogP contribution < -0.4 is 5.73 Å². The van der Waals surface area contributed by atoms with Crippen LogP contribution in [0.4, 0.5) is 0 Å². The second-order valence-corrected chi connectivity index (χ2v) is 4.66. The summed E-state index contributed by atoms with van der Waals surface area (Å²) in [6, 6.07) is 7.20. The van der Waals surface area contributed by atoms with Crippen molar-refractivity contribution in [3.05, 3.63) is 46.6 Å². The molecule has 0 fully saturated rings. The van der Waals surface area contributed by atoms with E-state index in [1.807, 2.05) is 12.1 Å². The smallest absolute Gasteiger partial charge is 0.356 e. The van der Waals surface area contributed by atoms with Crippen LogP contribution in [0.1, 0.15) is 24.9 Å². The van der Waals surface area contributed by atoms with Crippen LogP contribution in [0.2, 0.25) is 5.02 Å². The molecule has 0 radical (unpaired) electrons. The Balaban J connectivity index is 2.25. The van der Waals surface area contributed by atoms with Gasteiger partial charge >= 0.3 is 5.97 Å². The number of ether oxygens (including phenoxy) is 1. The van der Waals surface area contributed by atoms with Crippen molar-refractivity contribution >= 4 is 23.3 Å². The molecule has 5 heteroatoms. The van der Waals surface area contributed by atoms with Crippen LogP contribution in [0.15, 0.2) is 41.0 Å². The van der Waals surface area contributed by atoms with Crippen molar-refractivity contribution in [1.29, 1.82) is 0 Å². The Labute approximate surface area is 116 Å². The van der Waals surface area contributed by atoms with Crippen LogP contribution in [0.5, 0.6) is 0 Å². The molecule has 1 aliphatic heterocycles. The fourth-order valence-corrected chi connectivity index (χ4v) is 2.03. The highest BCUT2D eigenvalue weighted by atomic mass is 35.5. The van der Waals surface area contributed by atoms with Crippen molar-refractivity contribution in [3.63, 3.8) is 0 Å². The Morgan fingerprint density at radius 3 is 2.79 bits per heavy atom. The summed E-state index contributed by atoms with van der Waals surface area (Å²) in [5.41, 5.74) is 7.73. The first-order valence-electron chi connectivity index (χ1n) is 6.06. The second kappa shape index (κ2) is 5.89. The quantitative estimate of drug-likeness (QED) is 0.865. The molecule has 100 valence electrons. The third kappa shape index (κ3) is 3.35. The summed E-state index contributed by atoms with van der Waals surface area (Å²) < 4.78 is 4.94. The van der Waals surface area contributed by atoms with Crippen LogP contribution in [0.3, 0.4) is 0 Å². The van der Waals surface area contributed by atoms with Gasteiger partial charge in [0.15, 0.2) is 0 Å². The summed E-state index contributed by atoms with van der Waals surface area (Å²) in [7, 11) is 0. The minimum atomic E-state index is -0.441. The van der Waals surface area contributed by atoms with Crippen LogP contribution in [0, 0.1) is 0 Å². The molecule has 4 nitrogen and oxygen atoms in total. The zero-order chi connectivity index (χ0) is 13.8. The first-order chi connectivity index (χ1) is 9.10. The monoisotopic (exact) mass is 278 g/mol. The lowest BCUT2D eigenvalue weighted by Gasteiger charge is -2.19. The molecule has 0 saturated carbocycles. The first kappa shape index (κ1) is 13.6. The number of carbonyl (C=O) groups is 1. The van der Waals surface area contributed by atoms with Gasteiger partial charge < -0.3 is 10.5 Å². The van der Waals surface area contributed by atoms with Gasteiger partial charge in [0.25, 0.3) is 0 Å². The summed E-state index contributed by atoms with van der Waals surface area (Å²) in [5.74, 6) is -0.441. The third-order valence-corrected chi connectivity index (χ3v) is 3.04. The van der Waals surface area contributed by atoms with E-state index < -0.39 is 5.97 Å². The van der Waals surface area contributed by atoms with Crippen molar-refractivity contribution in [2.45, 2.75) is 19.4 Å². The first-order valence-corrected chi connectivity index (χ1v) is 6.44. The average molecular weight is 279 g/mol. The van der Waals surface area contributed by atoms with E-state index in [1.54, 1.807) is 25.1 Å². The summed E-state index contributed by atoms with van der Waals surface area (Å²) in [5, 5.41) is 0.665. The SMILES string of the molecule is CCOC(=O)C1=NC(c2ccc(Cl)cc2)CC(N)=C1. The zero-order valence-corrected chi connectivity index (χ0v) is 11.4. The number of esters is 1. The maximum Gasteiger partial charge on any atom is 0.356 e. The van der Waals surface area contributed by atoms with E-state index in [2.05, 4.69) is 4.99 Å². The van der Waals surface area contributed by atoms with Gasteiger partial charge in [-0.1, -0.05) is 23.7 Å². The Morgan fingerprint density at radius 2 is 2.16 bits per heavy atom. The van der Waals surface area contributed by atoms with Crippen LogP contribution >= 0.6 is 11.6 Å². The summed E-state index contributed by atoms with van der Waals surface area (Å²) in [6.45, 7) is 2.07. The Bertz CT molecular complexity index is 535. The lowest BCUT2D eigenvalue weighted by molar-refractivity contribution is -0.134. The molecule has 0 amide bonds. The van der Waals surface area contributed by atoms with E-state index in [4.69, 9.17) is 22.1 Å². The number of carbonyl (C=O) groups excluding carboxylic acids is 1. The highest BCUT2D eigenvalue weighted by molar-refractivity contribution is 6.41. The molecular formula is C14H15ClN2O2. The highest BCUT2D eigenvalue weighted by Crippen LogP contribution is 2.28. The fourth-order valence-electron chi connectivity index (χ4n) is 1.90. The molecule has 1 atom stereocenters. The minimum Gasteiger partial charge on any atom is -0.461 e. The number of hydrogen-bond acceptors (Lipinski definition) is 4. The molecule has 1 unspecified atom stereocenters. The van der Waals surface area contributed by atoms with Gasteiger partial charge in [0, 0.05) is 17.1 Å². The molecule has 1 aromatic rings. The van der Waals surface area contributed by atoms with Gasteiger partial charge in [0.2, 0.25) is 0 Å². The molecule has 0 aromatic heterocycles. The van der Waals surface area contributed by atoms with E-state index in [1.165, 1.54) is 0 Å². The van der Waals surface area contributed by atoms with Gasteiger partial charge in [-0.3, -0.25) is 4.99 Å². The molecule has 1 heterocycles. The number of dihydropyridines is 1. The van der Waals surface area contributed by atoms with Crippen LogP contribution in [-0.4, -0.2) is 18.3 Å². The van der Waals surface area contributed by atoms with Crippen molar-refractivity contribution in [2.75, 3.05) is 6.61 Å². The molecule has 0 spiro atoms. The van der Waals surface area contributed by atoms with Crippen molar-refractivity contribution in [1.82, 2.24) is 0 Å². The van der Waals surface area contributed by atoms with E-state index >= 15 is 0 Å². The topological polar surface area (TPSA) is 64.7 Å². The zero-order valence-electron chi connectivity index (χ0n) is 10.6.